The van der Waals surface area contributed by atoms with Gasteiger partial charge in [-0.2, -0.15) is 0 Å². The van der Waals surface area contributed by atoms with Gasteiger partial charge >= 0.3 is 11.9 Å². The SMILES string of the molecule is CC(C)C(=O)OOC(=O)CC(O)C(C)C. The number of aliphatic hydroxyl groups is 1. The minimum atomic E-state index is -0.782. The van der Waals surface area contributed by atoms with Crippen molar-refractivity contribution in [3.63, 3.8) is 0 Å². The smallest absolute Gasteiger partial charge is 0.358 e. The summed E-state index contributed by atoms with van der Waals surface area (Å²) in [6.45, 7) is 6.80. The Bertz CT molecular complexity index is 222. The van der Waals surface area contributed by atoms with Crippen molar-refractivity contribution in [1.29, 1.82) is 0 Å². The van der Waals surface area contributed by atoms with E-state index in [0.29, 0.717) is 0 Å². The first-order valence-corrected chi connectivity index (χ1v) is 4.93. The van der Waals surface area contributed by atoms with Crippen LogP contribution in [0.25, 0.3) is 0 Å². The van der Waals surface area contributed by atoms with E-state index in [2.05, 4.69) is 9.78 Å². The molecule has 1 atom stereocenters. The van der Waals surface area contributed by atoms with Crippen molar-refractivity contribution in [2.24, 2.45) is 11.8 Å². The highest BCUT2D eigenvalue weighted by Crippen LogP contribution is 2.07. The topological polar surface area (TPSA) is 72.8 Å². The lowest BCUT2D eigenvalue weighted by molar-refractivity contribution is -0.262. The van der Waals surface area contributed by atoms with Gasteiger partial charge in [-0.15, -0.1) is 0 Å². The average Bonchev–Trinajstić information content (AvgIpc) is 2.13. The summed E-state index contributed by atoms with van der Waals surface area (Å²) < 4.78 is 0. The van der Waals surface area contributed by atoms with Crippen molar-refractivity contribution in [1.82, 2.24) is 0 Å². The van der Waals surface area contributed by atoms with Crippen LogP contribution in [0.3, 0.4) is 0 Å². The Hall–Kier alpha value is -1.10. The van der Waals surface area contributed by atoms with Crippen molar-refractivity contribution < 1.29 is 24.5 Å². The molecule has 15 heavy (non-hydrogen) atoms. The standard InChI is InChI=1S/C10H18O5/c1-6(2)8(11)5-9(12)14-15-10(13)7(3)4/h6-8,11H,5H2,1-4H3. The van der Waals surface area contributed by atoms with Gasteiger partial charge in [0.05, 0.1) is 18.4 Å². The van der Waals surface area contributed by atoms with Gasteiger partial charge in [0.2, 0.25) is 0 Å². The van der Waals surface area contributed by atoms with Gasteiger partial charge in [0.1, 0.15) is 0 Å². The van der Waals surface area contributed by atoms with E-state index in [1.165, 1.54) is 0 Å². The molecule has 5 nitrogen and oxygen atoms in total. The quantitative estimate of drug-likeness (QED) is 0.564. The lowest BCUT2D eigenvalue weighted by Crippen LogP contribution is -2.22. The van der Waals surface area contributed by atoms with Gasteiger partial charge in [-0.3, -0.25) is 0 Å². The average molecular weight is 218 g/mol. The third-order valence-corrected chi connectivity index (χ3v) is 1.83. The predicted octanol–water partition coefficient (Wildman–Crippen LogP) is 1.05. The van der Waals surface area contributed by atoms with E-state index in [4.69, 9.17) is 0 Å². The highest BCUT2D eigenvalue weighted by Gasteiger charge is 2.18. The third kappa shape index (κ3) is 6.06. The molecule has 0 rings (SSSR count). The van der Waals surface area contributed by atoms with Crippen molar-refractivity contribution in [2.75, 3.05) is 0 Å². The normalized spacial score (nSPS) is 12.7. The van der Waals surface area contributed by atoms with Gasteiger partial charge in [0, 0.05) is 0 Å². The van der Waals surface area contributed by atoms with Crippen LogP contribution in [-0.2, 0) is 19.4 Å². The van der Waals surface area contributed by atoms with E-state index in [1.54, 1.807) is 27.7 Å². The van der Waals surface area contributed by atoms with Crippen LogP contribution in [-0.4, -0.2) is 23.1 Å². The molecular weight excluding hydrogens is 200 g/mol. The second kappa shape index (κ2) is 6.40. The van der Waals surface area contributed by atoms with Crippen LogP contribution in [0.2, 0.25) is 0 Å². The van der Waals surface area contributed by atoms with E-state index in [1.807, 2.05) is 0 Å². The molecule has 0 aromatic heterocycles. The second-order valence-corrected chi connectivity index (χ2v) is 4.03. The summed E-state index contributed by atoms with van der Waals surface area (Å²) in [5.74, 6) is -1.75. The summed E-state index contributed by atoms with van der Waals surface area (Å²) in [4.78, 5) is 30.4. The highest BCUT2D eigenvalue weighted by atomic mass is 17.2. The van der Waals surface area contributed by atoms with Crippen molar-refractivity contribution in [3.05, 3.63) is 0 Å². The molecule has 1 unspecified atom stereocenters. The summed E-state index contributed by atoms with van der Waals surface area (Å²) in [6.07, 6.45) is -0.960. The van der Waals surface area contributed by atoms with Crippen molar-refractivity contribution in [3.8, 4) is 0 Å². The maximum absolute atomic E-state index is 11.0. The first-order valence-electron chi connectivity index (χ1n) is 4.93. The molecule has 0 heterocycles. The van der Waals surface area contributed by atoms with Gasteiger partial charge in [-0.1, -0.05) is 27.7 Å². The van der Waals surface area contributed by atoms with Crippen LogP contribution in [0.4, 0.5) is 0 Å². The Balaban J connectivity index is 3.81. The molecule has 0 aliphatic rings. The number of aliphatic hydroxyl groups excluding tert-OH is 1. The molecule has 0 amide bonds. The molecule has 1 N–H and O–H groups in total. The lowest BCUT2D eigenvalue weighted by atomic mass is 10.1. The fourth-order valence-electron chi connectivity index (χ4n) is 0.624. The summed E-state index contributed by atoms with van der Waals surface area (Å²) >= 11 is 0. The van der Waals surface area contributed by atoms with Gasteiger partial charge in [0.15, 0.2) is 0 Å². The molecule has 0 aliphatic heterocycles. The molecule has 88 valence electrons. The fraction of sp³-hybridized carbons (Fsp3) is 0.800. The zero-order valence-electron chi connectivity index (χ0n) is 9.52. The van der Waals surface area contributed by atoms with Crippen LogP contribution in [0.1, 0.15) is 34.1 Å². The molecule has 0 spiro atoms. The molecule has 0 saturated carbocycles. The van der Waals surface area contributed by atoms with Crippen LogP contribution in [0, 0.1) is 11.8 Å². The van der Waals surface area contributed by atoms with E-state index < -0.39 is 18.0 Å². The van der Waals surface area contributed by atoms with Crippen LogP contribution < -0.4 is 0 Å². The van der Waals surface area contributed by atoms with Crippen LogP contribution in [0.15, 0.2) is 0 Å². The Morgan fingerprint density at radius 3 is 2.07 bits per heavy atom. The minimum Gasteiger partial charge on any atom is -0.392 e. The molecule has 0 bridgehead atoms. The molecule has 0 aromatic carbocycles. The number of carbonyl (C=O) groups is 2. The van der Waals surface area contributed by atoms with Gasteiger partial charge < -0.3 is 5.11 Å². The first-order chi connectivity index (χ1) is 6.84. The maximum atomic E-state index is 11.0. The molecule has 0 aliphatic carbocycles. The van der Waals surface area contributed by atoms with Gasteiger partial charge in [-0.05, 0) is 5.92 Å². The third-order valence-electron chi connectivity index (χ3n) is 1.83. The summed E-state index contributed by atoms with van der Waals surface area (Å²) in [5.41, 5.74) is 0. The molecule has 5 heteroatoms. The van der Waals surface area contributed by atoms with E-state index >= 15 is 0 Å². The number of hydrogen-bond donors (Lipinski definition) is 1. The van der Waals surface area contributed by atoms with Gasteiger partial charge in [-0.25, -0.2) is 19.4 Å². The van der Waals surface area contributed by atoms with Crippen molar-refractivity contribution in [2.45, 2.75) is 40.2 Å². The molecule has 0 saturated heterocycles. The zero-order chi connectivity index (χ0) is 12.0. The van der Waals surface area contributed by atoms with E-state index in [0.717, 1.165) is 0 Å². The highest BCUT2D eigenvalue weighted by molar-refractivity contribution is 5.74. The van der Waals surface area contributed by atoms with E-state index in [9.17, 15) is 14.7 Å². The lowest BCUT2D eigenvalue weighted by Gasteiger charge is -2.12. The first kappa shape index (κ1) is 13.9. The molecular formula is C10H18O5. The molecule has 0 radical (unpaired) electrons. The second-order valence-electron chi connectivity index (χ2n) is 4.03. The maximum Gasteiger partial charge on any atom is 0.358 e. The monoisotopic (exact) mass is 218 g/mol. The van der Waals surface area contributed by atoms with E-state index in [-0.39, 0.29) is 18.3 Å². The molecule has 0 fully saturated rings. The number of hydrogen-bond acceptors (Lipinski definition) is 5. The summed E-state index contributed by atoms with van der Waals surface area (Å²) in [7, 11) is 0. The Morgan fingerprint density at radius 1 is 1.13 bits per heavy atom. The molecule has 0 aromatic rings. The Labute approximate surface area is 89.3 Å². The fourth-order valence-corrected chi connectivity index (χ4v) is 0.624. The zero-order valence-corrected chi connectivity index (χ0v) is 9.52. The minimum absolute atomic E-state index is 0.0432. The largest absolute Gasteiger partial charge is 0.392 e. The van der Waals surface area contributed by atoms with Crippen LogP contribution in [0.5, 0.6) is 0 Å². The summed E-state index contributed by atoms with van der Waals surface area (Å²) in [6, 6.07) is 0. The summed E-state index contributed by atoms with van der Waals surface area (Å²) in [5, 5.41) is 9.33. The number of carbonyl (C=O) groups excluding carboxylic acids is 2. The van der Waals surface area contributed by atoms with Crippen molar-refractivity contribution >= 4 is 11.9 Å². The Morgan fingerprint density at radius 2 is 1.67 bits per heavy atom. The Kier molecular flexibility index (Phi) is 5.93. The van der Waals surface area contributed by atoms with Crippen LogP contribution >= 0.6 is 0 Å². The van der Waals surface area contributed by atoms with Gasteiger partial charge in [0.25, 0.3) is 0 Å². The predicted molar refractivity (Wildman–Crippen MR) is 52.5 cm³/mol. The number of rotatable bonds is 4.